The molecule has 0 aromatic heterocycles. The summed E-state index contributed by atoms with van der Waals surface area (Å²) in [6.45, 7) is 2.69. The van der Waals surface area contributed by atoms with Crippen LogP contribution in [0.15, 0.2) is 24.3 Å². The second-order valence-corrected chi connectivity index (χ2v) is 8.74. The largest absolute Gasteiger partial charge is 0.355 e. The maximum absolute atomic E-state index is 12.4. The van der Waals surface area contributed by atoms with Crippen molar-refractivity contribution in [3.8, 4) is 0 Å². The topological polar surface area (TPSA) is 90.5 Å². The summed E-state index contributed by atoms with van der Waals surface area (Å²) < 4.78 is 0. The number of hydrogen-bond acceptors (Lipinski definition) is 4. The Balaban J connectivity index is 1.39. The van der Waals surface area contributed by atoms with E-state index in [1.807, 2.05) is 12.1 Å². The first kappa shape index (κ1) is 23.3. The molecule has 3 amide bonds. The molecule has 1 aromatic rings. The quantitative estimate of drug-likeness (QED) is 0.591. The summed E-state index contributed by atoms with van der Waals surface area (Å²) in [4.78, 5) is 39.0. The minimum absolute atomic E-state index is 0.0317. The number of anilines is 2. The highest BCUT2D eigenvalue weighted by molar-refractivity contribution is 5.95. The van der Waals surface area contributed by atoms with Crippen LogP contribution in [-0.2, 0) is 14.4 Å². The molecule has 7 nitrogen and oxygen atoms in total. The van der Waals surface area contributed by atoms with Crippen LogP contribution in [0.25, 0.3) is 0 Å². The van der Waals surface area contributed by atoms with Crippen LogP contribution in [-0.4, -0.2) is 48.8 Å². The molecule has 170 valence electrons. The first-order valence-electron chi connectivity index (χ1n) is 11.8. The zero-order valence-corrected chi connectivity index (χ0v) is 18.5. The van der Waals surface area contributed by atoms with Gasteiger partial charge < -0.3 is 16.0 Å². The van der Waals surface area contributed by atoms with Gasteiger partial charge in [-0.05, 0) is 57.0 Å². The van der Waals surface area contributed by atoms with Crippen LogP contribution in [0.1, 0.15) is 64.2 Å². The lowest BCUT2D eigenvalue weighted by molar-refractivity contribution is -0.126. The lowest BCUT2D eigenvalue weighted by Crippen LogP contribution is -2.34. The summed E-state index contributed by atoms with van der Waals surface area (Å²) in [5.41, 5.74) is 1.31. The molecule has 0 radical (unpaired) electrons. The zero-order chi connectivity index (χ0) is 21.9. The van der Waals surface area contributed by atoms with Crippen LogP contribution in [0.4, 0.5) is 11.4 Å². The summed E-state index contributed by atoms with van der Waals surface area (Å²) >= 11 is 0. The predicted octanol–water partition coefficient (Wildman–Crippen LogP) is 3.53. The van der Waals surface area contributed by atoms with Crippen LogP contribution in [0.2, 0.25) is 0 Å². The minimum atomic E-state index is -0.156. The maximum atomic E-state index is 12.4. The molecule has 3 N–H and O–H groups in total. The van der Waals surface area contributed by atoms with Gasteiger partial charge in [0.15, 0.2) is 0 Å². The third kappa shape index (κ3) is 8.32. The van der Waals surface area contributed by atoms with E-state index in [2.05, 4.69) is 20.9 Å². The smallest absolute Gasteiger partial charge is 0.238 e. The number of amides is 3. The van der Waals surface area contributed by atoms with Gasteiger partial charge in [0.05, 0.1) is 6.54 Å². The van der Waals surface area contributed by atoms with E-state index in [0.717, 1.165) is 51.6 Å². The van der Waals surface area contributed by atoms with Crippen LogP contribution >= 0.6 is 0 Å². The molecule has 0 bridgehead atoms. The van der Waals surface area contributed by atoms with Crippen molar-refractivity contribution in [3.63, 3.8) is 0 Å². The number of nitrogens with one attached hydrogen (secondary N) is 3. The Kier molecular flexibility index (Phi) is 9.34. The summed E-state index contributed by atoms with van der Waals surface area (Å²) in [6, 6.07) is 7.18. The molecule has 1 aliphatic heterocycles. The Morgan fingerprint density at radius 1 is 0.839 bits per heavy atom. The van der Waals surface area contributed by atoms with Gasteiger partial charge in [-0.2, -0.15) is 0 Å². The minimum Gasteiger partial charge on any atom is -0.355 e. The molecule has 0 atom stereocenters. The van der Waals surface area contributed by atoms with E-state index in [-0.39, 0.29) is 30.1 Å². The molecule has 0 unspecified atom stereocenters. The first-order chi connectivity index (χ1) is 15.1. The van der Waals surface area contributed by atoms with E-state index >= 15 is 0 Å². The fraction of sp³-hybridized carbons (Fsp3) is 0.625. The molecular weight excluding hydrogens is 392 g/mol. The third-order valence-corrected chi connectivity index (χ3v) is 6.12. The molecule has 31 heavy (non-hydrogen) atoms. The van der Waals surface area contributed by atoms with E-state index in [4.69, 9.17) is 0 Å². The van der Waals surface area contributed by atoms with Crippen LogP contribution in [0, 0.1) is 5.92 Å². The number of rotatable bonds is 8. The Labute approximate surface area is 185 Å². The second-order valence-electron chi connectivity index (χ2n) is 8.74. The maximum Gasteiger partial charge on any atom is 0.238 e. The van der Waals surface area contributed by atoms with Gasteiger partial charge in [0.1, 0.15) is 0 Å². The zero-order valence-electron chi connectivity index (χ0n) is 18.5. The molecule has 1 heterocycles. The van der Waals surface area contributed by atoms with Crippen molar-refractivity contribution < 1.29 is 14.4 Å². The highest BCUT2D eigenvalue weighted by atomic mass is 16.2. The van der Waals surface area contributed by atoms with Gasteiger partial charge >= 0.3 is 0 Å². The average molecular weight is 429 g/mol. The Bertz CT molecular complexity index is 738. The normalized spacial score (nSPS) is 18.1. The van der Waals surface area contributed by atoms with E-state index < -0.39 is 0 Å². The molecule has 2 fully saturated rings. The van der Waals surface area contributed by atoms with Gasteiger partial charge in [-0.1, -0.05) is 38.2 Å². The number of nitrogens with zero attached hydrogens (tertiary/aromatic N) is 1. The van der Waals surface area contributed by atoms with Gasteiger partial charge in [-0.3, -0.25) is 19.3 Å². The molecule has 1 saturated heterocycles. The van der Waals surface area contributed by atoms with Gasteiger partial charge in [0.25, 0.3) is 0 Å². The predicted molar refractivity (Wildman–Crippen MR) is 123 cm³/mol. The van der Waals surface area contributed by atoms with Gasteiger partial charge in [0.2, 0.25) is 17.7 Å². The average Bonchev–Trinajstić information content (AvgIpc) is 3.03. The molecule has 7 heteroatoms. The fourth-order valence-corrected chi connectivity index (χ4v) is 4.40. The highest BCUT2D eigenvalue weighted by Crippen LogP contribution is 2.23. The highest BCUT2D eigenvalue weighted by Gasteiger charge is 2.20. The lowest BCUT2D eigenvalue weighted by Gasteiger charge is -2.20. The summed E-state index contributed by atoms with van der Waals surface area (Å²) in [7, 11) is 0. The molecule has 0 spiro atoms. The van der Waals surface area contributed by atoms with E-state index in [9.17, 15) is 14.4 Å². The monoisotopic (exact) mass is 428 g/mol. The number of carbonyl (C=O) groups is 3. The number of benzene rings is 1. The van der Waals surface area contributed by atoms with Gasteiger partial charge in [-0.15, -0.1) is 0 Å². The Morgan fingerprint density at radius 3 is 2.13 bits per heavy atom. The van der Waals surface area contributed by atoms with Gasteiger partial charge in [-0.25, -0.2) is 0 Å². The van der Waals surface area contributed by atoms with Gasteiger partial charge in [0, 0.05) is 30.3 Å². The second kappa shape index (κ2) is 12.4. The van der Waals surface area contributed by atoms with Crippen molar-refractivity contribution in [3.05, 3.63) is 24.3 Å². The Hall–Kier alpha value is -2.41. The van der Waals surface area contributed by atoms with Crippen molar-refractivity contribution in [2.45, 2.75) is 64.2 Å². The first-order valence-corrected chi connectivity index (χ1v) is 11.8. The van der Waals surface area contributed by atoms with Crippen molar-refractivity contribution >= 4 is 29.1 Å². The Morgan fingerprint density at radius 2 is 1.45 bits per heavy atom. The molecule has 3 rings (SSSR count). The van der Waals surface area contributed by atoms with Crippen LogP contribution in [0.5, 0.6) is 0 Å². The SMILES string of the molecule is O=C(CCNC(=O)C1CCCCC1)Nc1cccc(NC(=O)CN2CCCCCC2)c1. The lowest BCUT2D eigenvalue weighted by atomic mass is 9.89. The number of carbonyl (C=O) groups excluding carboxylic acids is 3. The van der Waals surface area contributed by atoms with Crippen molar-refractivity contribution in [1.29, 1.82) is 0 Å². The standard InChI is InChI=1S/C24H36N4O3/c29-22(13-14-25-24(31)19-9-4-3-5-10-19)26-20-11-8-12-21(17-20)27-23(30)18-28-15-6-1-2-7-16-28/h8,11-12,17,19H,1-7,9-10,13-16,18H2,(H,25,31)(H,26,29)(H,27,30). The molecule has 1 aliphatic carbocycles. The van der Waals surface area contributed by atoms with Crippen molar-refractivity contribution in [2.24, 2.45) is 5.92 Å². The van der Waals surface area contributed by atoms with Crippen LogP contribution < -0.4 is 16.0 Å². The van der Waals surface area contributed by atoms with E-state index in [0.29, 0.717) is 24.5 Å². The molecule has 2 aliphatic rings. The number of hydrogen-bond donors (Lipinski definition) is 3. The van der Waals surface area contributed by atoms with Crippen molar-refractivity contribution in [2.75, 3.05) is 36.8 Å². The third-order valence-electron chi connectivity index (χ3n) is 6.12. The van der Waals surface area contributed by atoms with Crippen LogP contribution in [0.3, 0.4) is 0 Å². The fourth-order valence-electron chi connectivity index (χ4n) is 4.40. The number of likely N-dealkylation sites (tertiary alicyclic amines) is 1. The van der Waals surface area contributed by atoms with E-state index in [1.54, 1.807) is 12.1 Å². The molecule has 1 saturated carbocycles. The van der Waals surface area contributed by atoms with Crippen molar-refractivity contribution in [1.82, 2.24) is 10.2 Å². The van der Waals surface area contributed by atoms with E-state index in [1.165, 1.54) is 19.3 Å². The summed E-state index contributed by atoms with van der Waals surface area (Å²) in [6.07, 6.45) is 10.4. The molecular formula is C24H36N4O3. The summed E-state index contributed by atoms with van der Waals surface area (Å²) in [5, 5.41) is 8.66. The molecule has 1 aromatic carbocycles. The summed E-state index contributed by atoms with van der Waals surface area (Å²) in [5.74, 6) is -0.0131.